The van der Waals surface area contributed by atoms with Crippen LogP contribution in [0, 0.1) is 6.92 Å². The summed E-state index contributed by atoms with van der Waals surface area (Å²) in [6.45, 7) is 2.50. The zero-order valence-corrected chi connectivity index (χ0v) is 10.8. The lowest BCUT2D eigenvalue weighted by Crippen LogP contribution is -2.26. The van der Waals surface area contributed by atoms with Gasteiger partial charge in [-0.25, -0.2) is 4.98 Å². The maximum absolute atomic E-state index is 11.7. The Labute approximate surface area is 109 Å². The second-order valence-electron chi connectivity index (χ2n) is 3.86. The molecule has 0 radical (unpaired) electrons. The Bertz CT molecular complexity index is 553. The van der Waals surface area contributed by atoms with E-state index in [0.29, 0.717) is 17.9 Å². The van der Waals surface area contributed by atoms with Crippen molar-refractivity contribution in [2.24, 2.45) is 0 Å². The molecule has 0 spiro atoms. The van der Waals surface area contributed by atoms with Crippen LogP contribution in [0.3, 0.4) is 0 Å². The Morgan fingerprint density at radius 3 is 3.06 bits per heavy atom. The zero-order chi connectivity index (χ0) is 13.0. The van der Waals surface area contributed by atoms with Crippen LogP contribution in [0.1, 0.15) is 21.2 Å². The van der Waals surface area contributed by atoms with Crippen LogP contribution in [0.4, 0.5) is 5.69 Å². The molecule has 0 atom stereocenters. The molecule has 0 bridgehead atoms. The minimum Gasteiger partial charge on any atom is -0.399 e. The summed E-state index contributed by atoms with van der Waals surface area (Å²) in [6, 6.07) is 3.21. The Kier molecular flexibility index (Phi) is 3.88. The monoisotopic (exact) mass is 262 g/mol. The van der Waals surface area contributed by atoms with Gasteiger partial charge < -0.3 is 11.1 Å². The maximum atomic E-state index is 11.7. The largest absolute Gasteiger partial charge is 0.399 e. The predicted octanol–water partition coefficient (Wildman–Crippen LogP) is 1.40. The van der Waals surface area contributed by atoms with Crippen LogP contribution in [0.15, 0.2) is 23.7 Å². The third-order valence-electron chi connectivity index (χ3n) is 2.31. The second kappa shape index (κ2) is 5.59. The first kappa shape index (κ1) is 12.5. The number of carbonyl (C=O) groups is 1. The van der Waals surface area contributed by atoms with E-state index in [2.05, 4.69) is 15.3 Å². The van der Waals surface area contributed by atoms with Crippen molar-refractivity contribution in [3.8, 4) is 0 Å². The number of carbonyl (C=O) groups excluding carboxylic acids is 1. The molecule has 94 valence electrons. The smallest absolute Gasteiger partial charge is 0.269 e. The van der Waals surface area contributed by atoms with E-state index in [4.69, 9.17) is 5.73 Å². The number of amides is 1. The van der Waals surface area contributed by atoms with E-state index in [-0.39, 0.29) is 5.91 Å². The van der Waals surface area contributed by atoms with Crippen molar-refractivity contribution >= 4 is 22.9 Å². The number of aromatic nitrogens is 2. The van der Waals surface area contributed by atoms with Crippen LogP contribution in [-0.2, 0) is 6.42 Å². The highest BCUT2D eigenvalue weighted by molar-refractivity contribution is 7.09. The molecule has 2 rings (SSSR count). The summed E-state index contributed by atoms with van der Waals surface area (Å²) in [6.07, 6.45) is 2.25. The number of aryl methyl sites for hydroxylation is 1. The molecular formula is C12H14N4OS. The molecule has 0 aliphatic heterocycles. The van der Waals surface area contributed by atoms with Gasteiger partial charge in [0.05, 0.1) is 5.01 Å². The van der Waals surface area contributed by atoms with E-state index in [9.17, 15) is 4.79 Å². The fraction of sp³-hybridized carbons (Fsp3) is 0.250. The van der Waals surface area contributed by atoms with Crippen molar-refractivity contribution in [3.05, 3.63) is 40.1 Å². The Hall–Kier alpha value is -1.95. The van der Waals surface area contributed by atoms with Gasteiger partial charge in [-0.05, 0) is 19.1 Å². The lowest BCUT2D eigenvalue weighted by atomic mass is 10.3. The first-order valence-electron chi connectivity index (χ1n) is 5.56. The third kappa shape index (κ3) is 3.27. The molecule has 0 saturated heterocycles. The van der Waals surface area contributed by atoms with Gasteiger partial charge >= 0.3 is 0 Å². The summed E-state index contributed by atoms with van der Waals surface area (Å²) in [5.74, 6) is -0.212. The number of pyridine rings is 1. The highest BCUT2D eigenvalue weighted by Crippen LogP contribution is 2.08. The second-order valence-corrected chi connectivity index (χ2v) is 4.81. The highest BCUT2D eigenvalue weighted by Gasteiger charge is 2.07. The van der Waals surface area contributed by atoms with Crippen LogP contribution in [0.25, 0.3) is 0 Å². The van der Waals surface area contributed by atoms with Crippen LogP contribution >= 0.6 is 11.3 Å². The standard InChI is InChI=1S/C12H14N4OS/c1-8-7-18-11(16-8)3-5-15-12(17)10-6-9(13)2-4-14-10/h2,4,6-7H,3,5H2,1H3,(H2,13,14)(H,15,17). The lowest BCUT2D eigenvalue weighted by Gasteiger charge is -2.03. The van der Waals surface area contributed by atoms with E-state index < -0.39 is 0 Å². The van der Waals surface area contributed by atoms with Crippen molar-refractivity contribution in [1.29, 1.82) is 0 Å². The fourth-order valence-corrected chi connectivity index (χ4v) is 2.24. The molecule has 0 aliphatic carbocycles. The van der Waals surface area contributed by atoms with Crippen LogP contribution < -0.4 is 11.1 Å². The Morgan fingerprint density at radius 2 is 2.39 bits per heavy atom. The molecule has 0 fully saturated rings. The summed E-state index contributed by atoms with van der Waals surface area (Å²) < 4.78 is 0. The summed E-state index contributed by atoms with van der Waals surface area (Å²) >= 11 is 1.60. The molecule has 2 aromatic heterocycles. The quantitative estimate of drug-likeness (QED) is 0.872. The molecule has 0 aliphatic rings. The van der Waals surface area contributed by atoms with Gasteiger partial charge in [0, 0.05) is 35.9 Å². The van der Waals surface area contributed by atoms with E-state index in [1.807, 2.05) is 12.3 Å². The molecule has 6 heteroatoms. The minimum atomic E-state index is -0.212. The number of thiazole rings is 1. The first-order valence-corrected chi connectivity index (χ1v) is 6.44. The number of nitrogen functional groups attached to an aromatic ring is 1. The van der Waals surface area contributed by atoms with Crippen LogP contribution in [0.5, 0.6) is 0 Å². The lowest BCUT2D eigenvalue weighted by molar-refractivity contribution is 0.0949. The number of hydrogen-bond donors (Lipinski definition) is 2. The predicted molar refractivity (Wildman–Crippen MR) is 71.5 cm³/mol. The molecule has 2 aromatic rings. The van der Waals surface area contributed by atoms with Crippen LogP contribution in [-0.4, -0.2) is 22.4 Å². The normalized spacial score (nSPS) is 10.3. The molecule has 3 N–H and O–H groups in total. The number of rotatable bonds is 4. The van der Waals surface area contributed by atoms with E-state index in [0.717, 1.165) is 17.1 Å². The van der Waals surface area contributed by atoms with Gasteiger partial charge in [0.15, 0.2) is 0 Å². The van der Waals surface area contributed by atoms with Gasteiger partial charge in [0.1, 0.15) is 5.69 Å². The number of nitrogens with two attached hydrogens (primary N) is 1. The van der Waals surface area contributed by atoms with E-state index in [1.165, 1.54) is 6.20 Å². The van der Waals surface area contributed by atoms with Gasteiger partial charge in [-0.15, -0.1) is 11.3 Å². The average Bonchev–Trinajstić information content (AvgIpc) is 2.75. The van der Waals surface area contributed by atoms with Crippen molar-refractivity contribution < 1.29 is 4.79 Å². The third-order valence-corrected chi connectivity index (χ3v) is 3.33. The summed E-state index contributed by atoms with van der Waals surface area (Å²) in [7, 11) is 0. The maximum Gasteiger partial charge on any atom is 0.269 e. The topological polar surface area (TPSA) is 80.9 Å². The average molecular weight is 262 g/mol. The number of nitrogens with one attached hydrogen (secondary N) is 1. The molecular weight excluding hydrogens is 248 g/mol. The number of hydrogen-bond acceptors (Lipinski definition) is 5. The summed E-state index contributed by atoms with van der Waals surface area (Å²) in [5.41, 5.74) is 7.47. The van der Waals surface area contributed by atoms with Gasteiger partial charge in [-0.2, -0.15) is 0 Å². The molecule has 5 nitrogen and oxygen atoms in total. The number of nitrogens with zero attached hydrogens (tertiary/aromatic N) is 2. The van der Waals surface area contributed by atoms with Crippen molar-refractivity contribution in [2.75, 3.05) is 12.3 Å². The van der Waals surface area contributed by atoms with E-state index >= 15 is 0 Å². The van der Waals surface area contributed by atoms with Gasteiger partial charge in [-0.1, -0.05) is 0 Å². The fourth-order valence-electron chi connectivity index (χ4n) is 1.46. The van der Waals surface area contributed by atoms with Crippen LogP contribution in [0.2, 0.25) is 0 Å². The van der Waals surface area contributed by atoms with Gasteiger partial charge in [0.25, 0.3) is 5.91 Å². The Morgan fingerprint density at radius 1 is 1.56 bits per heavy atom. The van der Waals surface area contributed by atoms with Crippen molar-refractivity contribution in [1.82, 2.24) is 15.3 Å². The highest BCUT2D eigenvalue weighted by atomic mass is 32.1. The van der Waals surface area contributed by atoms with Crippen molar-refractivity contribution in [2.45, 2.75) is 13.3 Å². The molecule has 0 aromatic carbocycles. The summed E-state index contributed by atoms with van der Waals surface area (Å²) in [5, 5.41) is 5.81. The van der Waals surface area contributed by atoms with Gasteiger partial charge in [-0.3, -0.25) is 9.78 Å². The molecule has 0 saturated carbocycles. The summed E-state index contributed by atoms with van der Waals surface area (Å²) in [4.78, 5) is 20.0. The van der Waals surface area contributed by atoms with Crippen molar-refractivity contribution in [3.63, 3.8) is 0 Å². The Balaban J connectivity index is 1.85. The molecule has 18 heavy (non-hydrogen) atoms. The first-order chi connectivity index (χ1) is 8.65. The van der Waals surface area contributed by atoms with Gasteiger partial charge in [0.2, 0.25) is 0 Å². The molecule has 0 unspecified atom stereocenters. The molecule has 2 heterocycles. The van der Waals surface area contributed by atoms with E-state index in [1.54, 1.807) is 23.5 Å². The SMILES string of the molecule is Cc1csc(CCNC(=O)c2cc(N)ccn2)n1. The number of anilines is 1. The molecule has 1 amide bonds. The zero-order valence-electron chi connectivity index (χ0n) is 10.0. The minimum absolute atomic E-state index is 0.212.